The first-order chi connectivity index (χ1) is 11.3. The molecule has 3 heterocycles. The van der Waals surface area contributed by atoms with E-state index in [4.69, 9.17) is 9.73 Å². The molecule has 0 saturated carbocycles. The first-order valence-electron chi connectivity index (χ1n) is 8.86. The molecule has 3 rings (SSSR count). The molecule has 6 nitrogen and oxygen atoms in total. The zero-order valence-corrected chi connectivity index (χ0v) is 14.3. The van der Waals surface area contributed by atoms with Gasteiger partial charge in [-0.25, -0.2) is 4.98 Å². The Hall–Kier alpha value is -1.56. The minimum atomic E-state index is 0.463. The summed E-state index contributed by atoms with van der Waals surface area (Å²) in [5.41, 5.74) is 0. The Balaban J connectivity index is 1.67. The highest BCUT2D eigenvalue weighted by Gasteiger charge is 2.29. The third-order valence-corrected chi connectivity index (χ3v) is 4.98. The van der Waals surface area contributed by atoms with Crippen LogP contribution in [0.15, 0.2) is 23.7 Å². The van der Waals surface area contributed by atoms with E-state index in [0.717, 1.165) is 51.8 Å². The van der Waals surface area contributed by atoms with E-state index in [-0.39, 0.29) is 0 Å². The van der Waals surface area contributed by atoms with E-state index < -0.39 is 0 Å². The first kappa shape index (κ1) is 16.3. The van der Waals surface area contributed by atoms with Gasteiger partial charge in [-0.3, -0.25) is 4.99 Å². The molecule has 0 amide bonds. The van der Waals surface area contributed by atoms with Crippen molar-refractivity contribution in [2.75, 3.05) is 39.4 Å². The monoisotopic (exact) mass is 319 g/mol. The van der Waals surface area contributed by atoms with Gasteiger partial charge in [0.05, 0.1) is 19.0 Å². The molecule has 128 valence electrons. The van der Waals surface area contributed by atoms with Gasteiger partial charge in [-0.2, -0.15) is 0 Å². The molecule has 0 spiro atoms. The maximum absolute atomic E-state index is 5.46. The minimum Gasteiger partial charge on any atom is -0.381 e. The lowest BCUT2D eigenvalue weighted by Gasteiger charge is -2.39. The van der Waals surface area contributed by atoms with Crippen LogP contribution in [0.5, 0.6) is 0 Å². The molecule has 2 saturated heterocycles. The van der Waals surface area contributed by atoms with Crippen LogP contribution in [0.2, 0.25) is 0 Å². The van der Waals surface area contributed by atoms with E-state index in [1.807, 2.05) is 12.5 Å². The van der Waals surface area contributed by atoms with Gasteiger partial charge < -0.3 is 19.5 Å². The fourth-order valence-electron chi connectivity index (χ4n) is 3.46. The van der Waals surface area contributed by atoms with Gasteiger partial charge in [-0.1, -0.05) is 6.92 Å². The van der Waals surface area contributed by atoms with E-state index in [1.165, 1.54) is 6.42 Å². The van der Waals surface area contributed by atoms with Crippen molar-refractivity contribution in [3.63, 3.8) is 0 Å². The molecular formula is C17H29N5O. The molecule has 3 unspecified atom stereocenters. The first-order valence-corrected chi connectivity index (χ1v) is 8.86. The molecule has 2 aliphatic heterocycles. The Kier molecular flexibility index (Phi) is 5.54. The normalized spacial score (nSPS) is 29.0. The number of nitrogens with one attached hydrogen (secondary N) is 1. The molecule has 1 aromatic heterocycles. The highest BCUT2D eigenvalue weighted by molar-refractivity contribution is 5.80. The van der Waals surface area contributed by atoms with Gasteiger partial charge in [0.15, 0.2) is 5.96 Å². The number of piperidine rings is 1. The lowest BCUT2D eigenvalue weighted by Crippen LogP contribution is -2.49. The van der Waals surface area contributed by atoms with Crippen molar-refractivity contribution in [3.05, 3.63) is 18.7 Å². The molecule has 6 heteroatoms. The number of aliphatic imine (C=N–C) groups is 1. The number of aromatic nitrogens is 2. The number of guanidine groups is 1. The number of hydrogen-bond acceptors (Lipinski definition) is 3. The van der Waals surface area contributed by atoms with Crippen molar-refractivity contribution in [1.29, 1.82) is 0 Å². The molecule has 1 N–H and O–H groups in total. The Morgan fingerprint density at radius 3 is 3.04 bits per heavy atom. The van der Waals surface area contributed by atoms with Crippen LogP contribution < -0.4 is 5.32 Å². The standard InChI is InChI=1S/C17H29N5O/c1-3-19-17(20-10-15-5-9-23-12-15)21-7-4-14(2)16(11-21)22-8-6-18-13-22/h6,8,13-16H,3-5,7,9-12H2,1-2H3,(H,19,20). The van der Waals surface area contributed by atoms with Crippen molar-refractivity contribution in [2.24, 2.45) is 16.8 Å². The van der Waals surface area contributed by atoms with Crippen LogP contribution in [0.1, 0.15) is 32.7 Å². The van der Waals surface area contributed by atoms with Crippen LogP contribution in [0.4, 0.5) is 0 Å². The summed E-state index contributed by atoms with van der Waals surface area (Å²) in [4.78, 5) is 11.5. The van der Waals surface area contributed by atoms with Crippen molar-refractivity contribution < 1.29 is 4.74 Å². The fraction of sp³-hybridized carbons (Fsp3) is 0.765. The van der Waals surface area contributed by atoms with Gasteiger partial charge in [0.25, 0.3) is 0 Å². The minimum absolute atomic E-state index is 0.463. The zero-order chi connectivity index (χ0) is 16.1. The summed E-state index contributed by atoms with van der Waals surface area (Å²) in [6, 6.07) is 0.463. The average molecular weight is 319 g/mol. The molecule has 1 aromatic rings. The van der Waals surface area contributed by atoms with Gasteiger partial charge >= 0.3 is 0 Å². The summed E-state index contributed by atoms with van der Waals surface area (Å²) in [5.74, 6) is 2.29. The van der Waals surface area contributed by atoms with Gasteiger partial charge in [0.2, 0.25) is 0 Å². The zero-order valence-electron chi connectivity index (χ0n) is 14.3. The Morgan fingerprint density at radius 1 is 1.43 bits per heavy atom. The lowest BCUT2D eigenvalue weighted by atomic mass is 9.93. The van der Waals surface area contributed by atoms with Crippen LogP contribution in [0.25, 0.3) is 0 Å². The molecule has 0 bridgehead atoms. The molecule has 2 fully saturated rings. The Morgan fingerprint density at radius 2 is 2.35 bits per heavy atom. The Bertz CT molecular complexity index is 495. The lowest BCUT2D eigenvalue weighted by molar-refractivity contribution is 0.184. The SMILES string of the molecule is CCNC(=NCC1CCOC1)N1CCC(C)C(n2ccnc2)C1. The van der Waals surface area contributed by atoms with E-state index in [2.05, 4.69) is 39.8 Å². The highest BCUT2D eigenvalue weighted by Crippen LogP contribution is 2.27. The quantitative estimate of drug-likeness (QED) is 0.679. The smallest absolute Gasteiger partial charge is 0.193 e. The number of ether oxygens (including phenoxy) is 1. The molecule has 3 atom stereocenters. The van der Waals surface area contributed by atoms with E-state index >= 15 is 0 Å². The number of nitrogens with zero attached hydrogens (tertiary/aromatic N) is 4. The topological polar surface area (TPSA) is 54.7 Å². The highest BCUT2D eigenvalue weighted by atomic mass is 16.5. The number of rotatable bonds is 4. The van der Waals surface area contributed by atoms with Crippen molar-refractivity contribution >= 4 is 5.96 Å². The van der Waals surface area contributed by atoms with Gasteiger partial charge in [0.1, 0.15) is 0 Å². The molecule has 2 aliphatic rings. The number of hydrogen-bond donors (Lipinski definition) is 1. The average Bonchev–Trinajstić information content (AvgIpc) is 3.25. The van der Waals surface area contributed by atoms with E-state index in [0.29, 0.717) is 17.9 Å². The second kappa shape index (κ2) is 7.81. The van der Waals surface area contributed by atoms with E-state index in [9.17, 15) is 0 Å². The predicted octanol–water partition coefficient (Wildman–Crippen LogP) is 1.77. The summed E-state index contributed by atoms with van der Waals surface area (Å²) in [5, 5.41) is 3.47. The van der Waals surface area contributed by atoms with E-state index in [1.54, 1.807) is 0 Å². The van der Waals surface area contributed by atoms with Crippen LogP contribution in [-0.4, -0.2) is 59.8 Å². The third-order valence-electron chi connectivity index (χ3n) is 4.98. The van der Waals surface area contributed by atoms with Crippen LogP contribution in [0, 0.1) is 11.8 Å². The van der Waals surface area contributed by atoms with Crippen molar-refractivity contribution in [3.8, 4) is 0 Å². The van der Waals surface area contributed by atoms with Crippen molar-refractivity contribution in [1.82, 2.24) is 19.8 Å². The van der Waals surface area contributed by atoms with Crippen LogP contribution in [0.3, 0.4) is 0 Å². The summed E-state index contributed by atoms with van der Waals surface area (Å²) >= 11 is 0. The maximum Gasteiger partial charge on any atom is 0.193 e. The van der Waals surface area contributed by atoms with Crippen LogP contribution >= 0.6 is 0 Å². The second-order valence-corrected chi connectivity index (χ2v) is 6.71. The number of imidazole rings is 1. The molecular weight excluding hydrogens is 290 g/mol. The van der Waals surface area contributed by atoms with Crippen LogP contribution in [-0.2, 0) is 4.74 Å². The van der Waals surface area contributed by atoms with Gasteiger partial charge in [0, 0.05) is 51.1 Å². The Labute approximate surface area is 138 Å². The fourth-order valence-corrected chi connectivity index (χ4v) is 3.46. The van der Waals surface area contributed by atoms with Crippen molar-refractivity contribution in [2.45, 2.75) is 32.7 Å². The summed E-state index contributed by atoms with van der Waals surface area (Å²) in [6.45, 7) is 10.0. The number of likely N-dealkylation sites (tertiary alicyclic amines) is 1. The molecule has 0 aromatic carbocycles. The van der Waals surface area contributed by atoms with Gasteiger partial charge in [-0.05, 0) is 25.7 Å². The summed E-state index contributed by atoms with van der Waals surface area (Å²) in [7, 11) is 0. The molecule has 23 heavy (non-hydrogen) atoms. The third kappa shape index (κ3) is 4.05. The largest absolute Gasteiger partial charge is 0.381 e. The molecule has 0 aliphatic carbocycles. The van der Waals surface area contributed by atoms with Gasteiger partial charge in [-0.15, -0.1) is 0 Å². The predicted molar refractivity (Wildman–Crippen MR) is 91.5 cm³/mol. The summed E-state index contributed by atoms with van der Waals surface area (Å²) in [6.07, 6.45) is 8.19. The maximum atomic E-state index is 5.46. The summed E-state index contributed by atoms with van der Waals surface area (Å²) < 4.78 is 7.70. The molecule has 0 radical (unpaired) electrons. The second-order valence-electron chi connectivity index (χ2n) is 6.71.